The van der Waals surface area contributed by atoms with E-state index in [2.05, 4.69) is 9.88 Å². The molecule has 0 aromatic carbocycles. The lowest BCUT2D eigenvalue weighted by atomic mass is 9.92. The van der Waals surface area contributed by atoms with Crippen molar-refractivity contribution in [1.82, 2.24) is 9.88 Å². The van der Waals surface area contributed by atoms with Crippen LogP contribution in [0.1, 0.15) is 33.6 Å². The number of hydrogen-bond donors (Lipinski definition) is 0. The molecule has 2 aliphatic rings. The van der Waals surface area contributed by atoms with E-state index < -0.39 is 5.60 Å². The number of carbonyl (C=O) groups excluding carboxylic acids is 1. The van der Waals surface area contributed by atoms with Crippen molar-refractivity contribution in [1.29, 1.82) is 0 Å². The van der Waals surface area contributed by atoms with Gasteiger partial charge in [-0.05, 0) is 51.7 Å². The van der Waals surface area contributed by atoms with E-state index >= 15 is 0 Å². The number of anilines is 1. The smallest absolute Gasteiger partial charge is 0.410 e. The number of rotatable bonds is 1. The average Bonchev–Trinajstić information content (AvgIpc) is 2.89. The second kappa shape index (κ2) is 6.19. The first-order valence-corrected chi connectivity index (χ1v) is 8.57. The molecular weight excluding hydrogens is 314 g/mol. The van der Waals surface area contributed by atoms with Gasteiger partial charge in [-0.15, -0.1) is 0 Å². The van der Waals surface area contributed by atoms with Gasteiger partial charge in [-0.1, -0.05) is 11.6 Å². The van der Waals surface area contributed by atoms with Crippen LogP contribution in [0.2, 0.25) is 5.15 Å². The number of aromatic nitrogens is 1. The highest BCUT2D eigenvalue weighted by molar-refractivity contribution is 6.29. The van der Waals surface area contributed by atoms with Crippen molar-refractivity contribution in [3.8, 4) is 0 Å². The molecule has 2 fully saturated rings. The van der Waals surface area contributed by atoms with Crippen molar-refractivity contribution in [2.75, 3.05) is 24.5 Å². The molecule has 2 saturated heterocycles. The van der Waals surface area contributed by atoms with Crippen LogP contribution in [0.15, 0.2) is 18.3 Å². The largest absolute Gasteiger partial charge is 0.444 e. The lowest BCUT2D eigenvalue weighted by Gasteiger charge is -2.37. The van der Waals surface area contributed by atoms with Crippen LogP contribution in [-0.4, -0.2) is 47.3 Å². The third-order valence-electron chi connectivity index (χ3n) is 4.49. The van der Waals surface area contributed by atoms with E-state index in [4.69, 9.17) is 16.3 Å². The Kier molecular flexibility index (Phi) is 4.41. The van der Waals surface area contributed by atoms with Gasteiger partial charge >= 0.3 is 6.09 Å². The number of pyridine rings is 1. The van der Waals surface area contributed by atoms with Crippen LogP contribution in [0.25, 0.3) is 0 Å². The van der Waals surface area contributed by atoms with Crippen LogP contribution in [-0.2, 0) is 4.74 Å². The Morgan fingerprint density at radius 2 is 2.13 bits per heavy atom. The number of fused-ring (bicyclic) bond motifs is 1. The first-order valence-electron chi connectivity index (χ1n) is 8.19. The zero-order valence-electron chi connectivity index (χ0n) is 14.0. The van der Waals surface area contributed by atoms with Gasteiger partial charge in [0.25, 0.3) is 0 Å². The quantitative estimate of drug-likeness (QED) is 0.735. The molecule has 126 valence electrons. The van der Waals surface area contributed by atoms with E-state index in [9.17, 15) is 4.79 Å². The van der Waals surface area contributed by atoms with Crippen molar-refractivity contribution < 1.29 is 9.53 Å². The first-order chi connectivity index (χ1) is 10.8. The van der Waals surface area contributed by atoms with E-state index in [1.54, 1.807) is 6.20 Å². The maximum atomic E-state index is 12.5. The summed E-state index contributed by atoms with van der Waals surface area (Å²) in [6.07, 6.45) is 3.80. The van der Waals surface area contributed by atoms with Crippen molar-refractivity contribution in [3.05, 3.63) is 23.5 Å². The summed E-state index contributed by atoms with van der Waals surface area (Å²) >= 11 is 5.87. The minimum Gasteiger partial charge on any atom is -0.444 e. The Bertz CT molecular complexity index is 570. The second-order valence-corrected chi connectivity index (χ2v) is 7.77. The molecule has 0 aliphatic carbocycles. The van der Waals surface area contributed by atoms with E-state index in [0.29, 0.717) is 11.1 Å². The second-order valence-electron chi connectivity index (χ2n) is 7.39. The SMILES string of the molecule is CC(C)(C)OC(=O)N1CCCC2CN(c3ccc(Cl)nc3)CC21. The van der Waals surface area contributed by atoms with Gasteiger partial charge in [0.05, 0.1) is 17.9 Å². The maximum Gasteiger partial charge on any atom is 0.410 e. The number of carbonyl (C=O) groups is 1. The molecular formula is C17H24ClN3O2. The molecule has 1 aromatic rings. The highest BCUT2D eigenvalue weighted by Crippen LogP contribution is 2.34. The molecule has 2 unspecified atom stereocenters. The van der Waals surface area contributed by atoms with Gasteiger partial charge in [-0.25, -0.2) is 9.78 Å². The van der Waals surface area contributed by atoms with Crippen LogP contribution in [0.3, 0.4) is 0 Å². The van der Waals surface area contributed by atoms with E-state index in [1.165, 1.54) is 0 Å². The fraction of sp³-hybridized carbons (Fsp3) is 0.647. The lowest BCUT2D eigenvalue weighted by molar-refractivity contribution is 0.00670. The fourth-order valence-corrected chi connectivity index (χ4v) is 3.61. The molecule has 0 radical (unpaired) electrons. The van der Waals surface area contributed by atoms with Crippen molar-refractivity contribution in [2.45, 2.75) is 45.3 Å². The summed E-state index contributed by atoms with van der Waals surface area (Å²) in [6.45, 7) is 8.29. The fourth-order valence-electron chi connectivity index (χ4n) is 3.49. The Labute approximate surface area is 142 Å². The highest BCUT2D eigenvalue weighted by Gasteiger charge is 2.42. The topological polar surface area (TPSA) is 45.7 Å². The maximum absolute atomic E-state index is 12.5. The molecule has 3 rings (SSSR count). The molecule has 1 aromatic heterocycles. The summed E-state index contributed by atoms with van der Waals surface area (Å²) in [5, 5.41) is 0.501. The van der Waals surface area contributed by atoms with Gasteiger partial charge in [0, 0.05) is 19.6 Å². The molecule has 0 saturated carbocycles. The first kappa shape index (κ1) is 16.4. The summed E-state index contributed by atoms with van der Waals surface area (Å²) in [7, 11) is 0. The van der Waals surface area contributed by atoms with Gasteiger partial charge in [-0.3, -0.25) is 0 Å². The summed E-state index contributed by atoms with van der Waals surface area (Å²) in [5.41, 5.74) is 0.607. The lowest BCUT2D eigenvalue weighted by Crippen LogP contribution is -2.50. The monoisotopic (exact) mass is 337 g/mol. The highest BCUT2D eigenvalue weighted by atomic mass is 35.5. The number of ether oxygens (including phenoxy) is 1. The number of amides is 1. The standard InChI is InChI=1S/C17H24ClN3O2/c1-17(2,3)23-16(22)21-8-4-5-12-10-20(11-14(12)21)13-6-7-15(18)19-9-13/h6-7,9,12,14H,4-5,8,10-11H2,1-3H3. The number of piperidine rings is 1. The molecule has 23 heavy (non-hydrogen) atoms. The molecule has 6 heteroatoms. The van der Waals surface area contributed by atoms with Crippen LogP contribution in [0.4, 0.5) is 10.5 Å². The zero-order chi connectivity index (χ0) is 16.6. The minimum atomic E-state index is -0.456. The Morgan fingerprint density at radius 3 is 2.78 bits per heavy atom. The van der Waals surface area contributed by atoms with Crippen LogP contribution in [0, 0.1) is 5.92 Å². The van der Waals surface area contributed by atoms with Crippen molar-refractivity contribution >= 4 is 23.4 Å². The normalized spacial score (nSPS) is 24.5. The molecule has 2 aliphatic heterocycles. The summed E-state index contributed by atoms with van der Waals surface area (Å²) < 4.78 is 5.58. The van der Waals surface area contributed by atoms with E-state index in [0.717, 1.165) is 38.2 Å². The van der Waals surface area contributed by atoms with Gasteiger partial charge in [0.2, 0.25) is 0 Å². The molecule has 0 spiro atoms. The van der Waals surface area contributed by atoms with E-state index in [1.807, 2.05) is 37.8 Å². The van der Waals surface area contributed by atoms with Gasteiger partial charge < -0.3 is 14.5 Å². The minimum absolute atomic E-state index is 0.191. The van der Waals surface area contributed by atoms with Crippen LogP contribution < -0.4 is 4.90 Å². The number of nitrogens with zero attached hydrogens (tertiary/aromatic N) is 3. The Balaban J connectivity index is 1.72. The third-order valence-corrected chi connectivity index (χ3v) is 4.71. The molecule has 3 heterocycles. The number of halogens is 1. The van der Waals surface area contributed by atoms with Crippen molar-refractivity contribution in [3.63, 3.8) is 0 Å². The van der Waals surface area contributed by atoms with Crippen molar-refractivity contribution in [2.24, 2.45) is 5.92 Å². The molecule has 2 atom stereocenters. The predicted molar refractivity (Wildman–Crippen MR) is 90.9 cm³/mol. The summed E-state index contributed by atoms with van der Waals surface area (Å²) in [4.78, 5) is 20.9. The molecule has 0 bridgehead atoms. The number of likely N-dealkylation sites (tertiary alicyclic amines) is 1. The predicted octanol–water partition coefficient (Wildman–Crippen LogP) is 3.57. The summed E-state index contributed by atoms with van der Waals surface area (Å²) in [6, 6.07) is 4.02. The average molecular weight is 338 g/mol. The van der Waals surface area contributed by atoms with E-state index in [-0.39, 0.29) is 12.1 Å². The molecule has 1 amide bonds. The van der Waals surface area contributed by atoms with Crippen LogP contribution >= 0.6 is 11.6 Å². The Morgan fingerprint density at radius 1 is 1.35 bits per heavy atom. The van der Waals surface area contributed by atoms with Crippen LogP contribution in [0.5, 0.6) is 0 Å². The van der Waals surface area contributed by atoms with Gasteiger partial charge in [0.1, 0.15) is 10.8 Å². The van der Waals surface area contributed by atoms with Gasteiger partial charge in [0.15, 0.2) is 0 Å². The van der Waals surface area contributed by atoms with Gasteiger partial charge in [-0.2, -0.15) is 0 Å². The Hall–Kier alpha value is -1.49. The molecule has 5 nitrogen and oxygen atoms in total. The molecule has 0 N–H and O–H groups in total. The number of hydrogen-bond acceptors (Lipinski definition) is 4. The zero-order valence-corrected chi connectivity index (χ0v) is 14.7. The third kappa shape index (κ3) is 3.71. The summed E-state index contributed by atoms with van der Waals surface area (Å²) in [5.74, 6) is 0.493.